The van der Waals surface area contributed by atoms with Crippen LogP contribution in [0.3, 0.4) is 0 Å². The number of nitrogens with zero attached hydrogens (tertiary/aromatic N) is 1. The fourth-order valence-corrected chi connectivity index (χ4v) is 6.23. The smallest absolute Gasteiger partial charge is 0.306 e. The first kappa shape index (κ1) is 36.9. The third-order valence-electron chi connectivity index (χ3n) is 8.18. The number of hydrogen-bond donors (Lipinski definition) is 2. The van der Waals surface area contributed by atoms with Gasteiger partial charge in [-0.15, -0.1) is 0 Å². The van der Waals surface area contributed by atoms with Gasteiger partial charge in [-0.3, -0.25) is 9.59 Å². The Morgan fingerprint density at radius 1 is 0.920 bits per heavy atom. The van der Waals surface area contributed by atoms with Crippen LogP contribution in [0.5, 0.6) is 5.75 Å². The number of aliphatic hydroxyl groups is 1. The quantitative estimate of drug-likeness (QED) is 0.101. The SMILES string of the molecule is CC(C)(C)OC(=O)CC[C@@]1(C(=O)NCCc2ccc(Cl)cc2Cl)N=C(c2ccc(OCCCO)cc2)O[C@@H]1c1ccc(-c2ccccc2)cc1. The van der Waals surface area contributed by atoms with Gasteiger partial charge in [0.1, 0.15) is 11.4 Å². The molecule has 0 unspecified atom stereocenters. The second kappa shape index (κ2) is 16.6. The lowest BCUT2D eigenvalue weighted by atomic mass is 9.83. The molecule has 0 saturated heterocycles. The first-order valence-electron chi connectivity index (χ1n) is 16.7. The molecule has 1 aliphatic heterocycles. The van der Waals surface area contributed by atoms with E-state index in [1.165, 1.54) is 0 Å². The molecule has 0 bridgehead atoms. The van der Waals surface area contributed by atoms with E-state index in [-0.39, 0.29) is 37.8 Å². The second-order valence-corrected chi connectivity index (χ2v) is 13.9. The Hall–Kier alpha value is -4.37. The number of hydrogen-bond acceptors (Lipinski definition) is 7. The van der Waals surface area contributed by atoms with E-state index < -0.39 is 23.2 Å². The summed E-state index contributed by atoms with van der Waals surface area (Å²) in [6.45, 7) is 6.09. The van der Waals surface area contributed by atoms with Gasteiger partial charge in [0, 0.05) is 41.6 Å². The van der Waals surface area contributed by atoms with Crippen molar-refractivity contribution in [2.75, 3.05) is 19.8 Å². The monoisotopic (exact) mass is 716 g/mol. The number of aliphatic imine (C=N–C) groups is 1. The Morgan fingerprint density at radius 3 is 2.26 bits per heavy atom. The van der Waals surface area contributed by atoms with Gasteiger partial charge in [0.05, 0.1) is 6.61 Å². The summed E-state index contributed by atoms with van der Waals surface area (Å²) in [5.41, 5.74) is 2.06. The highest BCUT2D eigenvalue weighted by atomic mass is 35.5. The summed E-state index contributed by atoms with van der Waals surface area (Å²) in [6, 6.07) is 30.3. The van der Waals surface area contributed by atoms with E-state index in [4.69, 9.17) is 47.5 Å². The first-order chi connectivity index (χ1) is 24.0. The molecular formula is C40H42Cl2N2O6. The number of nitrogens with one attached hydrogen (secondary N) is 1. The molecule has 2 atom stereocenters. The molecule has 262 valence electrons. The summed E-state index contributed by atoms with van der Waals surface area (Å²) in [5.74, 6) is 0.0684. The molecule has 0 aliphatic carbocycles. The van der Waals surface area contributed by atoms with Crippen molar-refractivity contribution in [3.63, 3.8) is 0 Å². The van der Waals surface area contributed by atoms with Crippen molar-refractivity contribution in [1.29, 1.82) is 0 Å². The molecule has 0 radical (unpaired) electrons. The number of aliphatic hydroxyl groups excluding tert-OH is 1. The minimum absolute atomic E-state index is 0.0341. The Bertz CT molecular complexity index is 1790. The summed E-state index contributed by atoms with van der Waals surface area (Å²) in [6.07, 6.45) is 0.0812. The van der Waals surface area contributed by atoms with Gasteiger partial charge in [0.2, 0.25) is 5.90 Å². The topological polar surface area (TPSA) is 106 Å². The van der Waals surface area contributed by atoms with Crippen molar-refractivity contribution < 1.29 is 28.9 Å². The van der Waals surface area contributed by atoms with Crippen LogP contribution in [0.2, 0.25) is 10.0 Å². The average molecular weight is 718 g/mol. The summed E-state index contributed by atoms with van der Waals surface area (Å²) < 4.78 is 18.0. The number of benzene rings is 4. The van der Waals surface area contributed by atoms with Crippen LogP contribution in [0.1, 0.15) is 62.8 Å². The van der Waals surface area contributed by atoms with Crippen LogP contribution in [-0.2, 0) is 25.5 Å². The molecule has 2 N–H and O–H groups in total. The van der Waals surface area contributed by atoms with Gasteiger partial charge >= 0.3 is 5.97 Å². The molecule has 50 heavy (non-hydrogen) atoms. The molecule has 0 aromatic heterocycles. The predicted octanol–water partition coefficient (Wildman–Crippen LogP) is 8.16. The molecule has 0 spiro atoms. The average Bonchev–Trinajstić information content (AvgIpc) is 3.49. The van der Waals surface area contributed by atoms with Gasteiger partial charge in [0.25, 0.3) is 5.91 Å². The Kier molecular flexibility index (Phi) is 12.2. The Labute approximate surface area is 303 Å². The minimum Gasteiger partial charge on any atom is -0.494 e. The number of rotatable bonds is 14. The highest BCUT2D eigenvalue weighted by Gasteiger charge is 2.53. The molecule has 4 aromatic rings. The van der Waals surface area contributed by atoms with Gasteiger partial charge in [0.15, 0.2) is 11.6 Å². The normalized spacial score (nSPS) is 17.1. The summed E-state index contributed by atoms with van der Waals surface area (Å²) >= 11 is 12.5. The Balaban J connectivity index is 1.50. The highest BCUT2D eigenvalue weighted by Crippen LogP contribution is 2.44. The maximum Gasteiger partial charge on any atom is 0.306 e. The van der Waals surface area contributed by atoms with Crippen molar-refractivity contribution >= 4 is 41.0 Å². The van der Waals surface area contributed by atoms with Crippen LogP contribution >= 0.6 is 23.2 Å². The maximum atomic E-state index is 14.5. The lowest BCUT2D eigenvalue weighted by molar-refractivity contribution is -0.155. The number of ether oxygens (including phenoxy) is 3. The molecule has 10 heteroatoms. The fourth-order valence-electron chi connectivity index (χ4n) is 5.72. The van der Waals surface area contributed by atoms with Gasteiger partial charge in [-0.05, 0) is 92.3 Å². The lowest BCUT2D eigenvalue weighted by Crippen LogP contribution is -2.49. The van der Waals surface area contributed by atoms with Gasteiger partial charge in [-0.1, -0.05) is 83.9 Å². The predicted molar refractivity (Wildman–Crippen MR) is 197 cm³/mol. The van der Waals surface area contributed by atoms with Crippen molar-refractivity contribution in [2.45, 2.75) is 63.7 Å². The van der Waals surface area contributed by atoms with Gasteiger partial charge in [-0.2, -0.15) is 0 Å². The van der Waals surface area contributed by atoms with E-state index >= 15 is 0 Å². The molecule has 8 nitrogen and oxygen atoms in total. The molecule has 1 heterocycles. The number of carbonyl (C=O) groups excluding carboxylic acids is 2. The van der Waals surface area contributed by atoms with E-state index in [2.05, 4.69) is 5.32 Å². The second-order valence-electron chi connectivity index (χ2n) is 13.1. The Morgan fingerprint density at radius 2 is 1.60 bits per heavy atom. The van der Waals surface area contributed by atoms with E-state index in [1.807, 2.05) is 72.8 Å². The van der Waals surface area contributed by atoms with E-state index in [0.717, 1.165) is 22.3 Å². The zero-order chi connectivity index (χ0) is 35.7. The first-order valence-corrected chi connectivity index (χ1v) is 17.4. The maximum absolute atomic E-state index is 14.5. The third kappa shape index (κ3) is 9.44. The molecule has 0 saturated carbocycles. The number of amides is 1. The largest absolute Gasteiger partial charge is 0.494 e. The van der Waals surface area contributed by atoms with E-state index in [9.17, 15) is 9.59 Å². The van der Waals surface area contributed by atoms with Crippen LogP contribution < -0.4 is 10.1 Å². The zero-order valence-electron chi connectivity index (χ0n) is 28.5. The van der Waals surface area contributed by atoms with Crippen LogP contribution in [-0.4, -0.2) is 53.8 Å². The minimum atomic E-state index is -1.51. The van der Waals surface area contributed by atoms with E-state index in [0.29, 0.717) is 40.8 Å². The fraction of sp³-hybridized carbons (Fsp3) is 0.325. The molecule has 1 aliphatic rings. The molecule has 0 fully saturated rings. The third-order valence-corrected chi connectivity index (χ3v) is 8.76. The summed E-state index contributed by atoms with van der Waals surface area (Å²) in [5, 5.41) is 13.2. The van der Waals surface area contributed by atoms with Crippen LogP contribution in [0, 0.1) is 0 Å². The van der Waals surface area contributed by atoms with Crippen molar-refractivity contribution in [2.24, 2.45) is 4.99 Å². The zero-order valence-corrected chi connectivity index (χ0v) is 30.0. The molecule has 4 aromatic carbocycles. The summed E-state index contributed by atoms with van der Waals surface area (Å²) in [7, 11) is 0. The van der Waals surface area contributed by atoms with Crippen LogP contribution in [0.25, 0.3) is 11.1 Å². The highest BCUT2D eigenvalue weighted by molar-refractivity contribution is 6.35. The van der Waals surface area contributed by atoms with Gasteiger partial charge < -0.3 is 24.6 Å². The van der Waals surface area contributed by atoms with Crippen LogP contribution in [0.4, 0.5) is 0 Å². The standard InChI is InChI=1S/C40H42Cl2N2O6/c1-39(2,3)50-35(46)20-22-40(38(47)43-23-21-29-14-17-32(41)26-34(29)42)36(30-12-10-28(11-13-30)27-8-5-4-6-9-27)49-37(44-40)31-15-18-33(19-16-31)48-25-7-24-45/h4-6,8-19,26,36,45H,7,20-25H2,1-3H3,(H,43,47)/t36-,40-/m1/s1. The number of halogens is 2. The molecular weight excluding hydrogens is 675 g/mol. The lowest BCUT2D eigenvalue weighted by Gasteiger charge is -2.31. The van der Waals surface area contributed by atoms with Crippen molar-refractivity contribution in [3.05, 3.63) is 124 Å². The van der Waals surface area contributed by atoms with Crippen LogP contribution in [0.15, 0.2) is 102 Å². The van der Waals surface area contributed by atoms with E-state index in [1.54, 1.807) is 45.0 Å². The van der Waals surface area contributed by atoms with Crippen molar-refractivity contribution in [1.82, 2.24) is 5.32 Å². The molecule has 1 amide bonds. The molecule has 5 rings (SSSR count). The number of carbonyl (C=O) groups is 2. The summed E-state index contributed by atoms with van der Waals surface area (Å²) in [4.78, 5) is 32.6. The number of esters is 1. The van der Waals surface area contributed by atoms with Crippen molar-refractivity contribution in [3.8, 4) is 16.9 Å². The van der Waals surface area contributed by atoms with Gasteiger partial charge in [-0.25, -0.2) is 4.99 Å².